The van der Waals surface area contributed by atoms with Crippen molar-refractivity contribution in [3.05, 3.63) is 337 Å². The smallest absolute Gasteiger partial charge is 0.101 e. The molecule has 0 atom stereocenters. The van der Waals surface area contributed by atoms with Crippen molar-refractivity contribution in [2.24, 2.45) is 0 Å². The number of aromatic nitrogens is 5. The summed E-state index contributed by atoms with van der Waals surface area (Å²) in [7, 11) is 0. The van der Waals surface area contributed by atoms with Crippen LogP contribution in [0.1, 0.15) is 252 Å². The van der Waals surface area contributed by atoms with E-state index in [9.17, 15) is 0 Å². The Morgan fingerprint density at radius 2 is 0.647 bits per heavy atom. The van der Waals surface area contributed by atoms with E-state index in [4.69, 9.17) is 4.42 Å². The van der Waals surface area contributed by atoms with Crippen LogP contribution in [0.5, 0.6) is 0 Å². The zero-order valence-electron chi connectivity index (χ0n) is 80.6. The number of fused-ring (bicyclic) bond motifs is 8. The van der Waals surface area contributed by atoms with Crippen molar-refractivity contribution >= 4 is 76.2 Å². The number of pyridine rings is 5. The first-order valence-electron chi connectivity index (χ1n) is 43.2. The molecular formula is C109H159N5OS. The van der Waals surface area contributed by atoms with Gasteiger partial charge < -0.3 is 4.42 Å². The maximum Gasteiger partial charge on any atom is 0.101 e. The Labute approximate surface area is 714 Å². The third-order valence-electron chi connectivity index (χ3n) is 15.5. The van der Waals surface area contributed by atoms with Crippen LogP contribution in [0.2, 0.25) is 0 Å². The average Bonchev–Trinajstić information content (AvgIpc) is 1.05. The van der Waals surface area contributed by atoms with Crippen LogP contribution in [-0.2, 0) is 0 Å². The van der Waals surface area contributed by atoms with Gasteiger partial charge in [0.2, 0.25) is 0 Å². The number of furan rings is 1. The number of hydrogen-bond acceptors (Lipinski definition) is 7. The molecule has 0 aliphatic heterocycles. The molecule has 0 aliphatic rings. The lowest BCUT2D eigenvalue weighted by Gasteiger charge is -2.07. The Bertz CT molecular complexity index is 4630. The molecule has 15 rings (SSSR count). The molecule has 0 spiro atoms. The van der Waals surface area contributed by atoms with E-state index in [1.807, 2.05) is 305 Å². The highest BCUT2D eigenvalue weighted by Crippen LogP contribution is 2.30. The average molecular weight is 1590 g/mol. The molecule has 0 bridgehead atoms. The van der Waals surface area contributed by atoms with E-state index in [0.29, 0.717) is 0 Å². The molecule has 116 heavy (non-hydrogen) atoms. The lowest BCUT2D eigenvalue weighted by atomic mass is 9.97. The van der Waals surface area contributed by atoms with Gasteiger partial charge in [-0.1, -0.05) is 321 Å². The molecule has 0 N–H and O–H groups in total. The molecule has 7 aromatic heterocycles. The fraction of sp³-hybridized carbons (Fsp3) is 0.367. The number of rotatable bonds is 0. The van der Waals surface area contributed by atoms with E-state index in [1.165, 1.54) is 119 Å². The number of para-hydroxylation sites is 1. The van der Waals surface area contributed by atoms with Crippen LogP contribution in [0.4, 0.5) is 0 Å². The van der Waals surface area contributed by atoms with Crippen molar-refractivity contribution in [2.45, 2.75) is 277 Å². The van der Waals surface area contributed by atoms with Crippen LogP contribution in [0.15, 0.2) is 242 Å². The van der Waals surface area contributed by atoms with Gasteiger partial charge in [0.25, 0.3) is 0 Å². The summed E-state index contributed by atoms with van der Waals surface area (Å²) in [5, 5.41) is 13.3. The van der Waals surface area contributed by atoms with E-state index < -0.39 is 0 Å². The van der Waals surface area contributed by atoms with E-state index in [-0.39, 0.29) is 0 Å². The van der Waals surface area contributed by atoms with Gasteiger partial charge in [-0.3, -0.25) is 24.9 Å². The summed E-state index contributed by atoms with van der Waals surface area (Å²) in [6.07, 6.45) is 7.42. The Morgan fingerprint density at radius 3 is 1.05 bits per heavy atom. The highest BCUT2D eigenvalue weighted by atomic mass is 32.1. The molecule has 0 aliphatic carbocycles. The molecule has 0 radical (unpaired) electrons. The molecule has 8 aromatic carbocycles. The topological polar surface area (TPSA) is 77.6 Å². The molecule has 0 unspecified atom stereocenters. The molecule has 7 heterocycles. The second-order valence-electron chi connectivity index (χ2n) is 24.4. The van der Waals surface area contributed by atoms with Crippen LogP contribution in [0.25, 0.3) is 64.9 Å². The van der Waals surface area contributed by atoms with Gasteiger partial charge in [0.15, 0.2) is 0 Å². The first-order chi connectivity index (χ1) is 56.0. The lowest BCUT2D eigenvalue weighted by molar-refractivity contribution is 0.504. The molecule has 0 amide bonds. The molecule has 15 aromatic rings. The summed E-state index contributed by atoms with van der Waals surface area (Å²) in [6.45, 7) is 81.2. The summed E-state index contributed by atoms with van der Waals surface area (Å²) in [5.41, 5.74) is 19.4. The van der Waals surface area contributed by atoms with E-state index >= 15 is 0 Å². The van der Waals surface area contributed by atoms with Crippen molar-refractivity contribution in [2.75, 3.05) is 0 Å². The first-order valence-corrected chi connectivity index (χ1v) is 44.0. The SMILES string of the molecule is CC.CC.CC.CC.CC.CC.CC.CC.CC.CC.CC.Cc1cc(C)c2ccccc2n1.Cc1ccc(C)c2ncccc12.Cc1ccc(C)nc1.Cc1ccc(C)o1.Cc1ccc(C)s1.Cc1ccc2c(ccc3cc(C)ccc32)c1.Cc1ccc2cc(C)c3ccccc3c2c1.Cc1cccc(C)n1.Cc1cncc(C)c1. The summed E-state index contributed by atoms with van der Waals surface area (Å²) >= 11 is 1.84. The fourth-order valence-electron chi connectivity index (χ4n) is 10.7. The molecule has 0 saturated carbocycles. The third kappa shape index (κ3) is 45.4. The predicted octanol–water partition coefficient (Wildman–Crippen LogP) is 35.6. The van der Waals surface area contributed by atoms with Crippen molar-refractivity contribution in [3.63, 3.8) is 0 Å². The highest BCUT2D eigenvalue weighted by Gasteiger charge is 2.05. The van der Waals surface area contributed by atoms with Gasteiger partial charge in [-0.05, 0) is 267 Å². The zero-order chi connectivity index (χ0) is 89.8. The minimum atomic E-state index is 0.984. The number of thiophene rings is 1. The molecular weight excluding hydrogens is 1430 g/mol. The maximum atomic E-state index is 5.08. The quantitative estimate of drug-likeness (QED) is 0.141. The van der Waals surface area contributed by atoms with E-state index in [0.717, 1.165) is 45.3 Å². The fourth-order valence-corrected chi connectivity index (χ4v) is 11.5. The van der Waals surface area contributed by atoms with Gasteiger partial charge in [0, 0.05) is 68.1 Å². The molecule has 0 fully saturated rings. The molecule has 6 nitrogen and oxygen atoms in total. The minimum absolute atomic E-state index is 0.984. The van der Waals surface area contributed by atoms with Crippen LogP contribution in [-0.4, -0.2) is 24.9 Å². The third-order valence-corrected chi connectivity index (χ3v) is 16.4. The van der Waals surface area contributed by atoms with Crippen LogP contribution < -0.4 is 0 Å². The lowest BCUT2D eigenvalue weighted by Crippen LogP contribution is -1.85. The summed E-state index contributed by atoms with van der Waals surface area (Å²) < 4.78 is 5.08. The summed E-state index contributed by atoms with van der Waals surface area (Å²) in [6, 6.07) is 74.4. The summed E-state index contributed by atoms with van der Waals surface area (Å²) in [4.78, 5) is 23.8. The second kappa shape index (κ2) is 71.6. The number of nitrogens with zero attached hydrogens (tertiary/aromatic N) is 5. The zero-order valence-corrected chi connectivity index (χ0v) is 81.4. The van der Waals surface area contributed by atoms with Crippen molar-refractivity contribution in [3.8, 4) is 0 Å². The van der Waals surface area contributed by atoms with Gasteiger partial charge in [0.1, 0.15) is 11.5 Å². The van der Waals surface area contributed by atoms with Gasteiger partial charge in [0.05, 0.1) is 11.0 Å². The van der Waals surface area contributed by atoms with Gasteiger partial charge >= 0.3 is 0 Å². The second-order valence-corrected chi connectivity index (χ2v) is 25.9. The normalized spacial score (nSPS) is 8.86. The predicted molar refractivity (Wildman–Crippen MR) is 532 cm³/mol. The molecule has 7 heteroatoms. The highest BCUT2D eigenvalue weighted by molar-refractivity contribution is 7.11. The maximum absolute atomic E-state index is 5.08. The number of benzene rings is 8. The monoisotopic (exact) mass is 1590 g/mol. The largest absolute Gasteiger partial charge is 0.467 e. The number of aryl methyl sites for hydroxylation is 18. The van der Waals surface area contributed by atoms with Gasteiger partial charge in [-0.15, -0.1) is 11.3 Å². The van der Waals surface area contributed by atoms with Crippen molar-refractivity contribution in [1.29, 1.82) is 0 Å². The van der Waals surface area contributed by atoms with Crippen LogP contribution in [0, 0.1) is 125 Å². The van der Waals surface area contributed by atoms with Crippen molar-refractivity contribution < 1.29 is 4.42 Å². The van der Waals surface area contributed by atoms with E-state index in [2.05, 4.69) is 245 Å². The number of hydrogen-bond donors (Lipinski definition) is 0. The molecule has 0 saturated heterocycles. The Kier molecular flexibility index (Phi) is 70.7. The van der Waals surface area contributed by atoms with Crippen LogP contribution in [0.3, 0.4) is 0 Å². The Balaban J connectivity index is -0.000000391. The van der Waals surface area contributed by atoms with Crippen molar-refractivity contribution in [1.82, 2.24) is 24.9 Å². The summed E-state index contributed by atoms with van der Waals surface area (Å²) in [5.74, 6) is 1.97. The molecule has 632 valence electrons. The van der Waals surface area contributed by atoms with E-state index in [1.54, 1.807) is 0 Å². The Hall–Kier alpha value is -9.95. The van der Waals surface area contributed by atoms with Crippen LogP contribution >= 0.6 is 11.3 Å². The minimum Gasteiger partial charge on any atom is -0.467 e. The van der Waals surface area contributed by atoms with Gasteiger partial charge in [-0.2, -0.15) is 0 Å². The Morgan fingerprint density at radius 1 is 0.233 bits per heavy atom. The first kappa shape index (κ1) is 115. The van der Waals surface area contributed by atoms with Gasteiger partial charge in [-0.25, -0.2) is 0 Å². The standard InChI is InChI=1S/2C16H14.2C11H11N.3C7H9N.C6H8O.C6H8S.11C2H6/c1-11-3-7-15-13(9-11)5-6-14-10-12(2)4-8-16(14)15;1-11-7-8-13-10-12(2)14-5-3-4-6-15(14)16(13)9-11;1-8-5-6-9(2)11-10(8)4-3-7-12-11;1-8-7-9(2)12-11-6-4-3-5-10(8)11;1-6-3-7(2)5-8-4-6;1-6-3-4-7(2)8-5-6;1-6-4-3-5-7(2)8-6;2*1-5-3-4-6(2)7-5;11*1-2/h2*3-10H,1-2H3;2*3-7H,1-2H3;3*3-5H,1-2H3;2*3-4H,1-2H3;11*1-2H3.